The number of nitrogens with one attached hydrogen (secondary N) is 1. The van der Waals surface area contributed by atoms with Crippen molar-refractivity contribution in [3.05, 3.63) is 41.7 Å². The lowest BCUT2D eigenvalue weighted by Gasteiger charge is -2.37. The fraction of sp³-hybridized carbons (Fsp3) is 0.571. The minimum atomic E-state index is -3.70. The maximum atomic E-state index is 12.6. The molecule has 148 valence electrons. The minimum absolute atomic E-state index is 0.0924. The van der Waals surface area contributed by atoms with Crippen LogP contribution in [-0.2, 0) is 14.8 Å². The topological polar surface area (TPSA) is 67.8 Å². The molecule has 0 unspecified atom stereocenters. The van der Waals surface area contributed by atoms with Crippen LogP contribution in [0.25, 0.3) is 0 Å². The second kappa shape index (κ2) is 7.30. The van der Waals surface area contributed by atoms with Crippen LogP contribution in [0.1, 0.15) is 45.6 Å². The van der Waals surface area contributed by atoms with E-state index in [0.717, 1.165) is 18.4 Å². The summed E-state index contributed by atoms with van der Waals surface area (Å²) in [7, 11) is -2.08. The maximum Gasteiger partial charge on any atom is 0.276 e. The van der Waals surface area contributed by atoms with Crippen LogP contribution in [0.2, 0.25) is 0 Å². The van der Waals surface area contributed by atoms with Gasteiger partial charge in [-0.2, -0.15) is 18.4 Å². The van der Waals surface area contributed by atoms with Crippen LogP contribution in [0.3, 0.4) is 0 Å². The normalized spacial score (nSPS) is 29.6. The van der Waals surface area contributed by atoms with Crippen molar-refractivity contribution in [1.29, 1.82) is 0 Å². The van der Waals surface area contributed by atoms with Gasteiger partial charge in [-0.1, -0.05) is 38.5 Å². The Kier molecular flexibility index (Phi) is 5.39. The Labute approximate surface area is 162 Å². The molecule has 1 N–H and O–H groups in total. The van der Waals surface area contributed by atoms with E-state index >= 15 is 0 Å². The molecule has 1 saturated carbocycles. The fourth-order valence-corrected chi connectivity index (χ4v) is 5.40. The standard InChI is InChI=1S/C21H30N2O3S/c1-14(2)17-10-11-21(4)13-20(26-5)19(12-18(17)21)22-23-27(24,25)16-8-6-15(3)7-9-16/h6-9,13-14,17-18,23H,10-12H2,1-5H3/t17-,18+,21+/m1/s1. The molecule has 0 amide bonds. The van der Waals surface area contributed by atoms with Crippen LogP contribution in [-0.4, -0.2) is 21.2 Å². The lowest BCUT2D eigenvalue weighted by Crippen LogP contribution is -2.34. The summed E-state index contributed by atoms with van der Waals surface area (Å²) in [5.74, 6) is 2.35. The SMILES string of the molecule is COC1=C[C@]2(C)CC[C@H](C(C)C)[C@@H]2CC1=NNS(=O)(=O)c1ccc(C)cc1. The zero-order chi connectivity index (χ0) is 19.8. The highest BCUT2D eigenvalue weighted by Gasteiger charge is 2.48. The highest BCUT2D eigenvalue weighted by atomic mass is 32.2. The Morgan fingerprint density at radius 3 is 2.52 bits per heavy atom. The van der Waals surface area contributed by atoms with E-state index in [1.54, 1.807) is 31.4 Å². The van der Waals surface area contributed by atoms with Gasteiger partial charge in [-0.15, -0.1) is 0 Å². The van der Waals surface area contributed by atoms with Gasteiger partial charge in [-0.3, -0.25) is 0 Å². The van der Waals surface area contributed by atoms with Crippen molar-refractivity contribution in [2.75, 3.05) is 7.11 Å². The quantitative estimate of drug-likeness (QED) is 0.764. The average Bonchev–Trinajstić information content (AvgIpc) is 2.96. The van der Waals surface area contributed by atoms with E-state index in [-0.39, 0.29) is 10.3 Å². The molecule has 3 atom stereocenters. The molecule has 0 heterocycles. The van der Waals surface area contributed by atoms with Gasteiger partial charge in [0, 0.05) is 0 Å². The zero-order valence-corrected chi connectivity index (χ0v) is 17.6. The minimum Gasteiger partial charge on any atom is -0.495 e. The third kappa shape index (κ3) is 3.91. The summed E-state index contributed by atoms with van der Waals surface area (Å²) in [5, 5.41) is 4.28. The molecule has 2 aliphatic carbocycles. The number of hydrogen-bond acceptors (Lipinski definition) is 4. The summed E-state index contributed by atoms with van der Waals surface area (Å²) < 4.78 is 30.7. The predicted molar refractivity (Wildman–Crippen MR) is 108 cm³/mol. The first-order valence-corrected chi connectivity index (χ1v) is 11.1. The first-order chi connectivity index (χ1) is 12.7. The summed E-state index contributed by atoms with van der Waals surface area (Å²) in [6, 6.07) is 6.74. The third-order valence-corrected chi connectivity index (χ3v) is 7.47. The molecule has 0 radical (unpaired) electrons. The summed E-state index contributed by atoms with van der Waals surface area (Å²) in [4.78, 5) is 2.61. The Morgan fingerprint density at radius 1 is 1.26 bits per heavy atom. The van der Waals surface area contributed by atoms with Gasteiger partial charge < -0.3 is 4.74 Å². The molecule has 0 saturated heterocycles. The summed E-state index contributed by atoms with van der Waals surface area (Å²) in [6.45, 7) is 8.74. The van der Waals surface area contributed by atoms with Crippen LogP contribution < -0.4 is 4.83 Å². The first-order valence-electron chi connectivity index (χ1n) is 9.58. The number of hydrazone groups is 1. The fourth-order valence-electron chi connectivity index (χ4n) is 4.57. The van der Waals surface area contributed by atoms with Crippen molar-refractivity contribution >= 4 is 15.7 Å². The van der Waals surface area contributed by atoms with Gasteiger partial charge in [0.05, 0.1) is 12.0 Å². The van der Waals surface area contributed by atoms with Gasteiger partial charge in [0.15, 0.2) is 0 Å². The number of aryl methyl sites for hydroxylation is 1. The van der Waals surface area contributed by atoms with E-state index in [4.69, 9.17) is 4.74 Å². The van der Waals surface area contributed by atoms with Crippen molar-refractivity contribution in [2.24, 2.45) is 28.3 Å². The highest BCUT2D eigenvalue weighted by molar-refractivity contribution is 7.89. The number of ether oxygens (including phenoxy) is 1. The second-order valence-corrected chi connectivity index (χ2v) is 10.1. The molecule has 1 fully saturated rings. The number of methoxy groups -OCH3 is 1. The summed E-state index contributed by atoms with van der Waals surface area (Å²) in [6.07, 6.45) is 5.21. The van der Waals surface area contributed by atoms with E-state index in [0.29, 0.717) is 29.2 Å². The van der Waals surface area contributed by atoms with E-state index < -0.39 is 10.0 Å². The summed E-state index contributed by atoms with van der Waals surface area (Å²) >= 11 is 0. The van der Waals surface area contributed by atoms with Crippen LogP contribution in [0.4, 0.5) is 0 Å². The number of fused-ring (bicyclic) bond motifs is 1. The number of allylic oxidation sites excluding steroid dienone is 2. The van der Waals surface area contributed by atoms with E-state index in [1.807, 2.05) is 6.92 Å². The molecular formula is C21H30N2O3S. The van der Waals surface area contributed by atoms with E-state index in [2.05, 4.69) is 36.8 Å². The second-order valence-electron chi connectivity index (χ2n) is 8.44. The number of hydrogen-bond donors (Lipinski definition) is 1. The highest BCUT2D eigenvalue weighted by Crippen LogP contribution is 2.54. The maximum absolute atomic E-state index is 12.6. The molecule has 0 aliphatic heterocycles. The molecule has 0 bridgehead atoms. The molecule has 2 aliphatic rings. The van der Waals surface area contributed by atoms with Crippen molar-refractivity contribution in [3.63, 3.8) is 0 Å². The molecule has 0 aromatic heterocycles. The number of nitrogens with zero attached hydrogens (tertiary/aromatic N) is 1. The molecule has 5 nitrogen and oxygen atoms in total. The van der Waals surface area contributed by atoms with Gasteiger partial charge >= 0.3 is 0 Å². The van der Waals surface area contributed by atoms with Crippen molar-refractivity contribution in [3.8, 4) is 0 Å². The molecule has 1 aromatic carbocycles. The van der Waals surface area contributed by atoms with E-state index in [1.165, 1.54) is 6.42 Å². The Balaban J connectivity index is 1.88. The van der Waals surface area contributed by atoms with Crippen molar-refractivity contribution < 1.29 is 13.2 Å². The Bertz CT molecular complexity index is 856. The Morgan fingerprint density at radius 2 is 1.93 bits per heavy atom. The first kappa shape index (κ1) is 19.9. The molecule has 3 rings (SSSR count). The molecule has 0 spiro atoms. The largest absolute Gasteiger partial charge is 0.495 e. The summed E-state index contributed by atoms with van der Waals surface area (Å²) in [5.41, 5.74) is 1.79. The van der Waals surface area contributed by atoms with Gasteiger partial charge in [-0.25, -0.2) is 0 Å². The van der Waals surface area contributed by atoms with Gasteiger partial charge in [0.25, 0.3) is 10.0 Å². The smallest absolute Gasteiger partial charge is 0.276 e. The Hall–Kier alpha value is -1.82. The van der Waals surface area contributed by atoms with Gasteiger partial charge in [0.2, 0.25) is 0 Å². The van der Waals surface area contributed by atoms with E-state index in [9.17, 15) is 8.42 Å². The van der Waals surface area contributed by atoms with Crippen LogP contribution in [0.5, 0.6) is 0 Å². The van der Waals surface area contributed by atoms with Crippen molar-refractivity contribution in [2.45, 2.75) is 51.9 Å². The zero-order valence-electron chi connectivity index (χ0n) is 16.8. The van der Waals surface area contributed by atoms with Crippen LogP contribution in [0, 0.1) is 30.1 Å². The lowest BCUT2D eigenvalue weighted by atomic mass is 9.68. The molecule has 1 aromatic rings. The average molecular weight is 391 g/mol. The molecule has 6 heteroatoms. The van der Waals surface area contributed by atoms with Crippen molar-refractivity contribution in [1.82, 2.24) is 4.83 Å². The lowest BCUT2D eigenvalue weighted by molar-refractivity contribution is 0.197. The number of rotatable bonds is 5. The monoisotopic (exact) mass is 390 g/mol. The van der Waals surface area contributed by atoms with Crippen LogP contribution in [0.15, 0.2) is 46.1 Å². The molecular weight excluding hydrogens is 360 g/mol. The molecule has 27 heavy (non-hydrogen) atoms. The number of benzene rings is 1. The predicted octanol–water partition coefficient (Wildman–Crippen LogP) is 4.25. The third-order valence-electron chi connectivity index (χ3n) is 6.25. The van der Waals surface area contributed by atoms with Crippen LogP contribution >= 0.6 is 0 Å². The van der Waals surface area contributed by atoms with Gasteiger partial charge in [0.1, 0.15) is 11.5 Å². The van der Waals surface area contributed by atoms with Gasteiger partial charge in [-0.05, 0) is 67.6 Å². The number of sulfonamides is 1.